The van der Waals surface area contributed by atoms with Crippen LogP contribution in [0.1, 0.15) is 17.0 Å². The van der Waals surface area contributed by atoms with E-state index in [4.69, 9.17) is 10.5 Å². The summed E-state index contributed by atoms with van der Waals surface area (Å²) in [5, 5.41) is 0. The molecule has 2 heterocycles. The van der Waals surface area contributed by atoms with Gasteiger partial charge in [-0.05, 0) is 31.0 Å². The molecule has 2 N–H and O–H groups in total. The van der Waals surface area contributed by atoms with Gasteiger partial charge >= 0.3 is 0 Å². The Morgan fingerprint density at radius 2 is 2.00 bits per heavy atom. The van der Waals surface area contributed by atoms with Gasteiger partial charge in [0.2, 0.25) is 5.91 Å². The Kier molecular flexibility index (Phi) is 4.85. The largest absolute Gasteiger partial charge is 0.378 e. The summed E-state index contributed by atoms with van der Waals surface area (Å²) in [5.74, 6) is 0.395. The highest BCUT2D eigenvalue weighted by atomic mass is 16.5. The summed E-state index contributed by atoms with van der Waals surface area (Å²) in [5.41, 5.74) is 7.92. The second-order valence-electron chi connectivity index (χ2n) is 6.17. The number of ether oxygens (including phenoxy) is 1. The van der Waals surface area contributed by atoms with Crippen molar-refractivity contribution in [3.05, 3.63) is 51.6 Å². The van der Waals surface area contributed by atoms with Crippen molar-refractivity contribution in [3.8, 4) is 5.69 Å². The maximum absolute atomic E-state index is 12.9. The van der Waals surface area contributed by atoms with E-state index in [2.05, 4.69) is 4.98 Å². The molecule has 1 aliphatic rings. The number of primary amides is 1. The van der Waals surface area contributed by atoms with E-state index in [9.17, 15) is 9.59 Å². The third-order valence-electron chi connectivity index (χ3n) is 4.46. The molecule has 0 saturated carbocycles. The van der Waals surface area contributed by atoms with E-state index in [1.165, 1.54) is 10.6 Å². The standard InChI is InChI=1S/C18H22N4O3/c1-12-4-3-5-14(13(12)2)22-17(10-15(19)23)20-16(11-18(22)24)21-6-8-25-9-7-21/h3-5,11H,6-10H2,1-2H3,(H2,19,23). The summed E-state index contributed by atoms with van der Waals surface area (Å²) in [4.78, 5) is 31.0. The molecule has 0 radical (unpaired) electrons. The van der Waals surface area contributed by atoms with E-state index < -0.39 is 5.91 Å². The average Bonchev–Trinajstić information content (AvgIpc) is 2.58. The van der Waals surface area contributed by atoms with Crippen LogP contribution >= 0.6 is 0 Å². The molecule has 132 valence electrons. The number of hydrogen-bond acceptors (Lipinski definition) is 5. The lowest BCUT2D eigenvalue weighted by Gasteiger charge is -2.28. The van der Waals surface area contributed by atoms with E-state index in [0.29, 0.717) is 37.9 Å². The van der Waals surface area contributed by atoms with Gasteiger partial charge in [-0.1, -0.05) is 12.1 Å². The highest BCUT2D eigenvalue weighted by Crippen LogP contribution is 2.19. The molecule has 1 aromatic carbocycles. The molecule has 0 atom stereocenters. The predicted octanol–water partition coefficient (Wildman–Crippen LogP) is 0.714. The average molecular weight is 342 g/mol. The van der Waals surface area contributed by atoms with Gasteiger partial charge in [0.25, 0.3) is 5.56 Å². The van der Waals surface area contributed by atoms with E-state index in [1.54, 1.807) is 0 Å². The quantitative estimate of drug-likeness (QED) is 0.884. The number of morpholine rings is 1. The van der Waals surface area contributed by atoms with Crippen LogP contribution in [-0.4, -0.2) is 41.8 Å². The molecule has 1 fully saturated rings. The molecule has 1 saturated heterocycles. The topological polar surface area (TPSA) is 90.4 Å². The molecule has 0 spiro atoms. The number of rotatable bonds is 4. The molecule has 1 aromatic heterocycles. The number of benzene rings is 1. The molecule has 1 aliphatic heterocycles. The zero-order valence-electron chi connectivity index (χ0n) is 14.5. The van der Waals surface area contributed by atoms with Gasteiger partial charge in [0.1, 0.15) is 11.6 Å². The first-order chi connectivity index (χ1) is 12.0. The number of hydrogen-bond donors (Lipinski definition) is 1. The normalized spacial score (nSPS) is 14.6. The minimum atomic E-state index is -0.523. The second-order valence-corrected chi connectivity index (χ2v) is 6.17. The van der Waals surface area contributed by atoms with Crippen molar-refractivity contribution in [2.75, 3.05) is 31.2 Å². The molecule has 0 aliphatic carbocycles. The Bertz CT molecular complexity index is 854. The van der Waals surface area contributed by atoms with Crippen molar-refractivity contribution in [2.45, 2.75) is 20.3 Å². The first-order valence-electron chi connectivity index (χ1n) is 8.28. The van der Waals surface area contributed by atoms with E-state index in [1.807, 2.05) is 36.9 Å². The van der Waals surface area contributed by atoms with Crippen LogP contribution in [0.3, 0.4) is 0 Å². The number of carbonyl (C=O) groups excluding carboxylic acids is 1. The van der Waals surface area contributed by atoms with E-state index >= 15 is 0 Å². The van der Waals surface area contributed by atoms with Gasteiger partial charge in [-0.15, -0.1) is 0 Å². The Morgan fingerprint density at radius 3 is 2.68 bits per heavy atom. The number of aryl methyl sites for hydroxylation is 1. The lowest BCUT2D eigenvalue weighted by atomic mass is 10.1. The Balaban J connectivity index is 2.15. The lowest BCUT2D eigenvalue weighted by Crippen LogP contribution is -2.38. The fourth-order valence-corrected chi connectivity index (χ4v) is 2.98. The van der Waals surface area contributed by atoms with Crippen LogP contribution < -0.4 is 16.2 Å². The van der Waals surface area contributed by atoms with Gasteiger partial charge in [0.15, 0.2) is 0 Å². The maximum atomic E-state index is 12.9. The van der Waals surface area contributed by atoms with Crippen molar-refractivity contribution in [3.63, 3.8) is 0 Å². The summed E-state index contributed by atoms with van der Waals surface area (Å²) < 4.78 is 6.82. The van der Waals surface area contributed by atoms with Crippen LogP contribution in [0.15, 0.2) is 29.1 Å². The Hall–Kier alpha value is -2.67. The summed E-state index contributed by atoms with van der Waals surface area (Å²) in [7, 11) is 0. The molecule has 7 heteroatoms. The second kappa shape index (κ2) is 7.06. The van der Waals surface area contributed by atoms with Crippen molar-refractivity contribution in [1.82, 2.24) is 9.55 Å². The van der Waals surface area contributed by atoms with Crippen molar-refractivity contribution in [1.29, 1.82) is 0 Å². The molecular formula is C18H22N4O3. The van der Waals surface area contributed by atoms with Crippen molar-refractivity contribution < 1.29 is 9.53 Å². The van der Waals surface area contributed by atoms with Gasteiger partial charge < -0.3 is 15.4 Å². The molecule has 7 nitrogen and oxygen atoms in total. The van der Waals surface area contributed by atoms with Crippen molar-refractivity contribution >= 4 is 11.7 Å². The zero-order valence-corrected chi connectivity index (χ0v) is 14.5. The number of amides is 1. The van der Waals surface area contributed by atoms with Crippen molar-refractivity contribution in [2.24, 2.45) is 5.73 Å². The van der Waals surface area contributed by atoms with Crippen LogP contribution in [0.25, 0.3) is 5.69 Å². The van der Waals surface area contributed by atoms with E-state index in [0.717, 1.165) is 16.8 Å². The highest BCUT2D eigenvalue weighted by Gasteiger charge is 2.19. The van der Waals surface area contributed by atoms with Gasteiger partial charge in [-0.3, -0.25) is 14.2 Å². The van der Waals surface area contributed by atoms with Crippen LogP contribution in [0.4, 0.5) is 5.82 Å². The lowest BCUT2D eigenvalue weighted by molar-refractivity contribution is -0.117. The Labute approximate surface area is 146 Å². The third-order valence-corrected chi connectivity index (χ3v) is 4.46. The Morgan fingerprint density at radius 1 is 1.28 bits per heavy atom. The first kappa shape index (κ1) is 17.2. The van der Waals surface area contributed by atoms with Gasteiger partial charge in [-0.25, -0.2) is 4.98 Å². The molecular weight excluding hydrogens is 320 g/mol. The monoisotopic (exact) mass is 342 g/mol. The van der Waals surface area contributed by atoms with Gasteiger partial charge in [-0.2, -0.15) is 0 Å². The SMILES string of the molecule is Cc1cccc(-n2c(CC(N)=O)nc(N3CCOCC3)cc2=O)c1C. The molecule has 1 amide bonds. The number of nitrogens with zero attached hydrogens (tertiary/aromatic N) is 3. The van der Waals surface area contributed by atoms with Crippen LogP contribution in [0.2, 0.25) is 0 Å². The molecule has 0 bridgehead atoms. The maximum Gasteiger partial charge on any atom is 0.260 e. The van der Waals surface area contributed by atoms with Crippen LogP contribution in [0, 0.1) is 13.8 Å². The fourth-order valence-electron chi connectivity index (χ4n) is 2.98. The minimum absolute atomic E-state index is 0.0964. The first-order valence-corrected chi connectivity index (χ1v) is 8.28. The van der Waals surface area contributed by atoms with Gasteiger partial charge in [0, 0.05) is 19.2 Å². The summed E-state index contributed by atoms with van der Waals surface area (Å²) >= 11 is 0. The zero-order chi connectivity index (χ0) is 18.0. The minimum Gasteiger partial charge on any atom is -0.378 e. The molecule has 3 rings (SSSR count). The molecule has 2 aromatic rings. The number of nitrogens with two attached hydrogens (primary N) is 1. The fraction of sp³-hybridized carbons (Fsp3) is 0.389. The highest BCUT2D eigenvalue weighted by molar-refractivity contribution is 5.76. The predicted molar refractivity (Wildman–Crippen MR) is 95.2 cm³/mol. The summed E-state index contributed by atoms with van der Waals surface area (Å²) in [6, 6.07) is 7.23. The number of anilines is 1. The number of carbonyl (C=O) groups is 1. The van der Waals surface area contributed by atoms with E-state index in [-0.39, 0.29) is 12.0 Å². The summed E-state index contributed by atoms with van der Waals surface area (Å²) in [6.45, 7) is 6.43. The molecule has 25 heavy (non-hydrogen) atoms. The van der Waals surface area contributed by atoms with Crippen LogP contribution in [-0.2, 0) is 16.0 Å². The molecule has 0 unspecified atom stereocenters. The third kappa shape index (κ3) is 3.56. The van der Waals surface area contributed by atoms with Gasteiger partial charge in [0.05, 0.1) is 25.3 Å². The van der Waals surface area contributed by atoms with Crippen LogP contribution in [0.5, 0.6) is 0 Å². The smallest absolute Gasteiger partial charge is 0.260 e. The number of aromatic nitrogens is 2. The summed E-state index contributed by atoms with van der Waals surface area (Å²) in [6.07, 6.45) is -0.0964.